The third-order valence-electron chi connectivity index (χ3n) is 3.37. The van der Waals surface area contributed by atoms with Crippen LogP contribution in [-0.2, 0) is 17.4 Å². The fourth-order valence-corrected chi connectivity index (χ4v) is 2.81. The number of rotatable bonds is 7. The molecule has 2 unspecified atom stereocenters. The fraction of sp³-hybridized carbons (Fsp3) is 0.562. The van der Waals surface area contributed by atoms with Gasteiger partial charge < -0.3 is 10.4 Å². The molecule has 130 valence electrons. The zero-order valence-electron chi connectivity index (χ0n) is 13.4. The van der Waals surface area contributed by atoms with Crippen LogP contribution in [0.1, 0.15) is 25.0 Å². The van der Waals surface area contributed by atoms with E-state index in [1.807, 2.05) is 6.26 Å². The van der Waals surface area contributed by atoms with Crippen molar-refractivity contribution in [2.24, 2.45) is 5.92 Å². The number of nitrogens with one attached hydrogen (secondary N) is 1. The maximum atomic E-state index is 12.5. The third kappa shape index (κ3) is 6.83. The summed E-state index contributed by atoms with van der Waals surface area (Å²) in [5.41, 5.74) is -1.02. The lowest BCUT2D eigenvalue weighted by Crippen LogP contribution is -2.44. The summed E-state index contributed by atoms with van der Waals surface area (Å²) in [6.07, 6.45) is -2.15. The Balaban J connectivity index is 2.55. The van der Waals surface area contributed by atoms with Crippen molar-refractivity contribution in [1.82, 2.24) is 5.32 Å². The number of aliphatic hydroxyl groups is 1. The maximum absolute atomic E-state index is 12.5. The van der Waals surface area contributed by atoms with Crippen LogP contribution in [0.2, 0.25) is 0 Å². The molecule has 23 heavy (non-hydrogen) atoms. The van der Waals surface area contributed by atoms with Crippen molar-refractivity contribution in [2.45, 2.75) is 32.0 Å². The van der Waals surface area contributed by atoms with E-state index in [1.165, 1.54) is 23.9 Å². The van der Waals surface area contributed by atoms with Gasteiger partial charge in [-0.05, 0) is 37.3 Å². The van der Waals surface area contributed by atoms with Crippen molar-refractivity contribution < 1.29 is 23.1 Å². The maximum Gasteiger partial charge on any atom is 0.416 e. The summed E-state index contributed by atoms with van der Waals surface area (Å²) in [6, 6.07) is 4.80. The van der Waals surface area contributed by atoms with Gasteiger partial charge in [0.2, 0.25) is 5.91 Å². The monoisotopic (exact) mass is 349 g/mol. The van der Waals surface area contributed by atoms with Crippen molar-refractivity contribution in [1.29, 1.82) is 0 Å². The van der Waals surface area contributed by atoms with E-state index >= 15 is 0 Å². The second kappa shape index (κ2) is 8.06. The minimum absolute atomic E-state index is 0.143. The zero-order chi connectivity index (χ0) is 17.7. The molecule has 1 amide bonds. The summed E-state index contributed by atoms with van der Waals surface area (Å²) in [7, 11) is 0. The topological polar surface area (TPSA) is 49.3 Å². The molecule has 1 rings (SSSR count). The predicted octanol–water partition coefficient (Wildman–Crippen LogP) is 3.11. The lowest BCUT2D eigenvalue weighted by molar-refractivity contribution is -0.137. The first-order valence-corrected chi connectivity index (χ1v) is 8.60. The van der Waals surface area contributed by atoms with Crippen LogP contribution < -0.4 is 5.32 Å². The van der Waals surface area contributed by atoms with Crippen LogP contribution in [-0.4, -0.2) is 35.2 Å². The highest BCUT2D eigenvalue weighted by atomic mass is 32.2. The molecule has 1 aromatic rings. The van der Waals surface area contributed by atoms with Crippen LogP contribution in [0.15, 0.2) is 24.3 Å². The minimum Gasteiger partial charge on any atom is -0.387 e. The molecule has 3 nitrogen and oxygen atoms in total. The van der Waals surface area contributed by atoms with Gasteiger partial charge in [-0.1, -0.05) is 19.1 Å². The third-order valence-corrected chi connectivity index (χ3v) is 4.28. The summed E-state index contributed by atoms with van der Waals surface area (Å²) in [5.74, 6) is -0.122. The smallest absolute Gasteiger partial charge is 0.387 e. The molecule has 0 aliphatic carbocycles. The standard InChI is InChI=1S/C16H22F3NO2S/c1-11(14(21)20-9-15(2,22)10-23-3)8-12-4-6-13(7-5-12)16(17,18)19/h4-7,11,22H,8-10H2,1-3H3,(H,20,21). The quantitative estimate of drug-likeness (QED) is 0.795. The first-order chi connectivity index (χ1) is 10.5. The van der Waals surface area contributed by atoms with Gasteiger partial charge in [-0.3, -0.25) is 4.79 Å². The van der Waals surface area contributed by atoms with E-state index in [-0.39, 0.29) is 12.5 Å². The molecule has 0 aliphatic heterocycles. The molecule has 7 heteroatoms. The number of halogens is 3. The molecule has 0 aliphatic rings. The van der Waals surface area contributed by atoms with Crippen LogP contribution in [0.25, 0.3) is 0 Å². The number of hydrogen-bond acceptors (Lipinski definition) is 3. The second-order valence-corrected chi connectivity index (χ2v) is 6.81. The van der Waals surface area contributed by atoms with Crippen LogP contribution in [0.4, 0.5) is 13.2 Å². The summed E-state index contributed by atoms with van der Waals surface area (Å²) in [5, 5.41) is 12.7. The van der Waals surface area contributed by atoms with Gasteiger partial charge in [0.05, 0.1) is 11.2 Å². The van der Waals surface area contributed by atoms with Crippen LogP contribution >= 0.6 is 11.8 Å². The molecule has 2 atom stereocenters. The first-order valence-electron chi connectivity index (χ1n) is 7.20. The molecule has 0 aromatic heterocycles. The molecular weight excluding hydrogens is 327 g/mol. The average molecular weight is 349 g/mol. The molecule has 0 spiro atoms. The molecule has 0 saturated carbocycles. The molecule has 0 heterocycles. The van der Waals surface area contributed by atoms with Crippen LogP contribution in [0.3, 0.4) is 0 Å². The first kappa shape index (κ1) is 19.8. The Morgan fingerprint density at radius 2 is 1.87 bits per heavy atom. The van der Waals surface area contributed by atoms with E-state index in [4.69, 9.17) is 0 Å². The SMILES string of the molecule is CSCC(C)(O)CNC(=O)C(C)Cc1ccc(C(F)(F)F)cc1. The number of carbonyl (C=O) groups is 1. The Morgan fingerprint density at radius 1 is 1.30 bits per heavy atom. The summed E-state index contributed by atoms with van der Waals surface area (Å²) in [6.45, 7) is 3.49. The fourth-order valence-electron chi connectivity index (χ4n) is 2.09. The Kier molecular flexibility index (Phi) is 6.95. The number of benzene rings is 1. The Morgan fingerprint density at radius 3 is 2.35 bits per heavy atom. The molecule has 0 saturated heterocycles. The molecule has 0 fully saturated rings. The highest BCUT2D eigenvalue weighted by Crippen LogP contribution is 2.29. The van der Waals surface area contributed by atoms with Crippen molar-refractivity contribution in [3.8, 4) is 0 Å². The van der Waals surface area contributed by atoms with E-state index in [9.17, 15) is 23.1 Å². The number of thioether (sulfide) groups is 1. The normalized spacial score (nSPS) is 15.8. The van der Waals surface area contributed by atoms with Gasteiger partial charge in [0.15, 0.2) is 0 Å². The van der Waals surface area contributed by atoms with Gasteiger partial charge in [0, 0.05) is 18.2 Å². The van der Waals surface area contributed by atoms with Gasteiger partial charge in [-0.15, -0.1) is 0 Å². The van der Waals surface area contributed by atoms with E-state index in [1.54, 1.807) is 13.8 Å². The van der Waals surface area contributed by atoms with Crippen molar-refractivity contribution in [2.75, 3.05) is 18.6 Å². The summed E-state index contributed by atoms with van der Waals surface area (Å²) in [4.78, 5) is 12.0. The predicted molar refractivity (Wildman–Crippen MR) is 86.3 cm³/mol. The Bertz CT molecular complexity index is 515. The summed E-state index contributed by atoms with van der Waals surface area (Å²) < 4.78 is 37.5. The van der Waals surface area contributed by atoms with Gasteiger partial charge >= 0.3 is 6.18 Å². The van der Waals surface area contributed by atoms with E-state index in [0.29, 0.717) is 17.7 Å². The Hall–Kier alpha value is -1.21. The lowest BCUT2D eigenvalue weighted by atomic mass is 9.99. The lowest BCUT2D eigenvalue weighted by Gasteiger charge is -2.23. The zero-order valence-corrected chi connectivity index (χ0v) is 14.2. The number of alkyl halides is 3. The second-order valence-electron chi connectivity index (χ2n) is 5.95. The highest BCUT2D eigenvalue weighted by molar-refractivity contribution is 7.98. The average Bonchev–Trinajstić information content (AvgIpc) is 2.44. The molecule has 0 radical (unpaired) electrons. The number of carbonyl (C=O) groups excluding carboxylic acids is 1. The van der Waals surface area contributed by atoms with E-state index in [0.717, 1.165) is 12.1 Å². The number of amides is 1. The van der Waals surface area contributed by atoms with Crippen LogP contribution in [0.5, 0.6) is 0 Å². The molecule has 2 N–H and O–H groups in total. The largest absolute Gasteiger partial charge is 0.416 e. The van der Waals surface area contributed by atoms with Crippen LogP contribution in [0, 0.1) is 5.92 Å². The van der Waals surface area contributed by atoms with Crippen molar-refractivity contribution >= 4 is 17.7 Å². The van der Waals surface area contributed by atoms with Gasteiger partial charge in [0.1, 0.15) is 0 Å². The molecule has 1 aromatic carbocycles. The van der Waals surface area contributed by atoms with E-state index < -0.39 is 23.3 Å². The summed E-state index contributed by atoms with van der Waals surface area (Å²) >= 11 is 1.48. The van der Waals surface area contributed by atoms with Gasteiger partial charge in [0.25, 0.3) is 0 Å². The molecular formula is C16H22F3NO2S. The van der Waals surface area contributed by atoms with Crippen molar-refractivity contribution in [3.63, 3.8) is 0 Å². The van der Waals surface area contributed by atoms with Crippen molar-refractivity contribution in [3.05, 3.63) is 35.4 Å². The van der Waals surface area contributed by atoms with Gasteiger partial charge in [-0.25, -0.2) is 0 Å². The minimum atomic E-state index is -4.36. The van der Waals surface area contributed by atoms with Gasteiger partial charge in [-0.2, -0.15) is 24.9 Å². The Labute approximate surface area is 138 Å². The number of hydrogen-bond donors (Lipinski definition) is 2. The van der Waals surface area contributed by atoms with E-state index in [2.05, 4.69) is 5.32 Å². The highest BCUT2D eigenvalue weighted by Gasteiger charge is 2.30. The molecule has 0 bridgehead atoms.